The van der Waals surface area contributed by atoms with Crippen LogP contribution in [0.4, 0.5) is 5.69 Å². The van der Waals surface area contributed by atoms with Crippen LogP contribution in [0.25, 0.3) is 11.3 Å². The van der Waals surface area contributed by atoms with Crippen molar-refractivity contribution in [1.82, 2.24) is 4.90 Å². The third-order valence-corrected chi connectivity index (χ3v) is 6.06. The second-order valence-electron chi connectivity index (χ2n) is 6.85. The minimum atomic E-state index is 0.600. The molecule has 0 bridgehead atoms. The Labute approximate surface area is 180 Å². The molecule has 0 unspecified atom stereocenters. The number of anilines is 1. The lowest BCUT2D eigenvalue weighted by molar-refractivity contribution is 0.385. The fourth-order valence-electron chi connectivity index (χ4n) is 3.51. The van der Waals surface area contributed by atoms with E-state index in [1.54, 1.807) is 18.2 Å². The molecule has 3 nitrogen and oxygen atoms in total. The summed E-state index contributed by atoms with van der Waals surface area (Å²) in [7, 11) is 0. The second-order valence-corrected chi connectivity index (χ2v) is 8.08. The van der Waals surface area contributed by atoms with Crippen LogP contribution in [0.1, 0.15) is 11.3 Å². The van der Waals surface area contributed by atoms with E-state index in [4.69, 9.17) is 39.8 Å². The smallest absolute Gasteiger partial charge is 0.162 e. The van der Waals surface area contributed by atoms with E-state index >= 15 is 0 Å². The number of furan rings is 1. The van der Waals surface area contributed by atoms with Crippen molar-refractivity contribution in [3.05, 3.63) is 76.0 Å². The minimum absolute atomic E-state index is 0.600. The van der Waals surface area contributed by atoms with E-state index in [2.05, 4.69) is 41.0 Å². The molecule has 1 aliphatic rings. The average molecular weight is 431 g/mol. The molecule has 2 heterocycles. The third kappa shape index (κ3) is 3.90. The number of nitrogens with zero attached hydrogens (tertiary/aromatic N) is 2. The highest BCUT2D eigenvalue weighted by atomic mass is 35.5. The van der Waals surface area contributed by atoms with Crippen LogP contribution in [0, 0.1) is 6.92 Å². The Morgan fingerprint density at radius 1 is 0.964 bits per heavy atom. The van der Waals surface area contributed by atoms with Crippen molar-refractivity contribution < 1.29 is 4.42 Å². The van der Waals surface area contributed by atoms with Crippen molar-refractivity contribution in [1.29, 1.82) is 0 Å². The van der Waals surface area contributed by atoms with E-state index in [-0.39, 0.29) is 0 Å². The number of rotatable bonds is 3. The van der Waals surface area contributed by atoms with Gasteiger partial charge in [-0.05, 0) is 48.9 Å². The van der Waals surface area contributed by atoms with E-state index in [0.717, 1.165) is 36.7 Å². The number of hydrogen-bond donors (Lipinski definition) is 0. The molecule has 0 aliphatic carbocycles. The monoisotopic (exact) mass is 430 g/mol. The third-order valence-electron chi connectivity index (χ3n) is 5.03. The molecule has 1 aromatic heterocycles. The van der Waals surface area contributed by atoms with Gasteiger partial charge in [0.2, 0.25) is 0 Å². The number of aryl methyl sites for hydroxylation is 1. The lowest BCUT2D eigenvalue weighted by Crippen LogP contribution is -2.48. The first-order valence-corrected chi connectivity index (χ1v) is 10.3. The number of hydrogen-bond acceptors (Lipinski definition) is 3. The maximum atomic E-state index is 6.29. The lowest BCUT2D eigenvalue weighted by Gasteiger charge is -2.37. The van der Waals surface area contributed by atoms with Gasteiger partial charge in [-0.2, -0.15) is 0 Å². The van der Waals surface area contributed by atoms with E-state index in [1.807, 2.05) is 12.1 Å². The summed E-state index contributed by atoms with van der Waals surface area (Å²) < 4.78 is 6.01. The molecule has 2 aromatic carbocycles. The highest BCUT2D eigenvalue weighted by Gasteiger charge is 2.22. The van der Waals surface area contributed by atoms with Gasteiger partial charge in [0.05, 0.1) is 5.02 Å². The van der Waals surface area contributed by atoms with Gasteiger partial charge in [0.1, 0.15) is 10.7 Å². The maximum absolute atomic E-state index is 6.29. The van der Waals surface area contributed by atoms with Crippen molar-refractivity contribution in [2.75, 3.05) is 31.1 Å². The van der Waals surface area contributed by atoms with Crippen molar-refractivity contribution in [2.45, 2.75) is 6.92 Å². The molecule has 1 saturated heterocycles. The molecule has 4 rings (SSSR count). The van der Waals surface area contributed by atoms with E-state index < -0.39 is 0 Å². The summed E-state index contributed by atoms with van der Waals surface area (Å²) in [6.45, 7) is 5.73. The standard InChI is InChI=1S/C22H20Cl2N2OS/c1-15-4-2-3-5-19(15)25-10-12-26(13-11-25)22(28)21-9-8-20(27-21)17-14-16(23)6-7-18(17)24/h2-9,14H,10-13H2,1H3. The number of para-hydroxylation sites is 1. The van der Waals surface area contributed by atoms with E-state index in [9.17, 15) is 0 Å². The molecule has 3 aromatic rings. The predicted octanol–water partition coefficient (Wildman–Crippen LogP) is 6.06. The van der Waals surface area contributed by atoms with Crippen LogP contribution in [0.5, 0.6) is 0 Å². The van der Waals surface area contributed by atoms with E-state index in [0.29, 0.717) is 21.6 Å². The molecular formula is C22H20Cl2N2OS. The molecule has 28 heavy (non-hydrogen) atoms. The van der Waals surface area contributed by atoms with Crippen LogP contribution in [-0.2, 0) is 0 Å². The summed E-state index contributed by atoms with van der Waals surface area (Å²) in [6, 6.07) is 17.6. The average Bonchev–Trinajstić information content (AvgIpc) is 3.20. The van der Waals surface area contributed by atoms with Gasteiger partial charge in [-0.1, -0.05) is 53.6 Å². The van der Waals surface area contributed by atoms with Crippen molar-refractivity contribution in [2.24, 2.45) is 0 Å². The molecule has 1 fully saturated rings. The van der Waals surface area contributed by atoms with Crippen molar-refractivity contribution in [3.8, 4) is 11.3 Å². The number of thiocarbonyl (C=S) groups is 1. The molecule has 0 spiro atoms. The zero-order chi connectivity index (χ0) is 19.7. The second kappa shape index (κ2) is 8.16. The van der Waals surface area contributed by atoms with Crippen molar-refractivity contribution in [3.63, 3.8) is 0 Å². The predicted molar refractivity (Wildman–Crippen MR) is 121 cm³/mol. The fourth-order valence-corrected chi connectivity index (χ4v) is 4.18. The molecule has 144 valence electrons. The van der Waals surface area contributed by atoms with Gasteiger partial charge >= 0.3 is 0 Å². The topological polar surface area (TPSA) is 19.6 Å². The van der Waals surface area contributed by atoms with Crippen LogP contribution in [-0.4, -0.2) is 36.1 Å². The first kappa shape index (κ1) is 19.3. The zero-order valence-electron chi connectivity index (χ0n) is 15.5. The SMILES string of the molecule is Cc1ccccc1N1CCN(C(=S)c2ccc(-c3cc(Cl)ccc3Cl)o2)CC1. The Morgan fingerprint density at radius 2 is 1.71 bits per heavy atom. The molecule has 0 saturated carbocycles. The van der Waals surface area contributed by atoms with Gasteiger partial charge in [-0.15, -0.1) is 0 Å². The van der Waals surface area contributed by atoms with Gasteiger partial charge in [0.25, 0.3) is 0 Å². The zero-order valence-corrected chi connectivity index (χ0v) is 17.8. The van der Waals surface area contributed by atoms with Gasteiger partial charge < -0.3 is 14.2 Å². The molecule has 1 aliphatic heterocycles. The molecule has 6 heteroatoms. The van der Waals surface area contributed by atoms with Crippen LogP contribution < -0.4 is 4.90 Å². The van der Waals surface area contributed by atoms with Gasteiger partial charge in [0.15, 0.2) is 5.76 Å². The largest absolute Gasteiger partial charge is 0.454 e. The van der Waals surface area contributed by atoms with Crippen LogP contribution in [0.15, 0.2) is 59.0 Å². The van der Waals surface area contributed by atoms with Crippen LogP contribution in [0.2, 0.25) is 10.0 Å². The molecule has 0 amide bonds. The summed E-state index contributed by atoms with van der Waals surface area (Å²) in [6.07, 6.45) is 0. The molecule has 0 radical (unpaired) electrons. The Kier molecular flexibility index (Phi) is 5.63. The summed E-state index contributed by atoms with van der Waals surface area (Å²) in [5.41, 5.74) is 3.36. The first-order chi connectivity index (χ1) is 13.5. The summed E-state index contributed by atoms with van der Waals surface area (Å²) in [5, 5.41) is 1.22. The van der Waals surface area contributed by atoms with Gasteiger partial charge in [-0.3, -0.25) is 0 Å². The summed E-state index contributed by atoms with van der Waals surface area (Å²) >= 11 is 18.1. The highest BCUT2D eigenvalue weighted by molar-refractivity contribution is 7.80. The lowest BCUT2D eigenvalue weighted by atomic mass is 10.1. The van der Waals surface area contributed by atoms with Crippen LogP contribution >= 0.6 is 35.4 Å². The Morgan fingerprint density at radius 3 is 2.46 bits per heavy atom. The minimum Gasteiger partial charge on any atom is -0.454 e. The maximum Gasteiger partial charge on any atom is 0.162 e. The first-order valence-electron chi connectivity index (χ1n) is 9.18. The van der Waals surface area contributed by atoms with Crippen LogP contribution in [0.3, 0.4) is 0 Å². The molecular weight excluding hydrogens is 411 g/mol. The van der Waals surface area contributed by atoms with Crippen molar-refractivity contribution >= 4 is 46.1 Å². The Balaban J connectivity index is 1.46. The van der Waals surface area contributed by atoms with Gasteiger partial charge in [0, 0.05) is 42.5 Å². The highest BCUT2D eigenvalue weighted by Crippen LogP contribution is 2.32. The number of benzene rings is 2. The van der Waals surface area contributed by atoms with E-state index in [1.165, 1.54) is 11.3 Å². The molecule has 0 atom stereocenters. The quantitative estimate of drug-likeness (QED) is 0.470. The summed E-state index contributed by atoms with van der Waals surface area (Å²) in [5.74, 6) is 1.36. The number of halogens is 2. The van der Waals surface area contributed by atoms with Gasteiger partial charge in [-0.25, -0.2) is 0 Å². The Hall–Kier alpha value is -2.01. The molecule has 0 N–H and O–H groups in total. The fraction of sp³-hybridized carbons (Fsp3) is 0.227. The summed E-state index contributed by atoms with van der Waals surface area (Å²) in [4.78, 5) is 5.34. The normalized spacial score (nSPS) is 14.4. The number of piperazine rings is 1. The Bertz CT molecular complexity index is 1010.